The van der Waals surface area contributed by atoms with E-state index in [2.05, 4.69) is 5.10 Å². The fourth-order valence-corrected chi connectivity index (χ4v) is 3.40. The predicted molar refractivity (Wildman–Crippen MR) is 90.0 cm³/mol. The Morgan fingerprint density at radius 3 is 2.71 bits per heavy atom. The van der Waals surface area contributed by atoms with Gasteiger partial charge < -0.3 is 14.7 Å². The Bertz CT molecular complexity index is 732. The number of hydrogen-bond acceptors (Lipinski definition) is 4. The van der Waals surface area contributed by atoms with Crippen LogP contribution in [0, 0.1) is 6.92 Å². The molecular weight excluding hydrogens is 330 g/mol. The van der Waals surface area contributed by atoms with E-state index in [1.807, 2.05) is 30.3 Å². The number of nitrogens with zero attached hydrogens (tertiary/aromatic N) is 3. The summed E-state index contributed by atoms with van der Waals surface area (Å²) in [5.41, 5.74) is 1.89. The molecule has 1 saturated heterocycles. The van der Waals surface area contributed by atoms with Gasteiger partial charge in [0.2, 0.25) is 0 Å². The fourth-order valence-electron chi connectivity index (χ4n) is 3.16. The zero-order valence-electron chi connectivity index (χ0n) is 13.6. The lowest BCUT2D eigenvalue weighted by atomic mass is 9.98. The molecular formula is C17H20ClN3O3. The van der Waals surface area contributed by atoms with Crippen LogP contribution in [0.4, 0.5) is 0 Å². The average molecular weight is 350 g/mol. The second-order valence-corrected chi connectivity index (χ2v) is 6.20. The molecule has 0 saturated carbocycles. The molecule has 1 aliphatic heterocycles. The maximum Gasteiger partial charge on any atom is 0.274 e. The first kappa shape index (κ1) is 17.0. The number of carbonyl (C=O) groups excluding carboxylic acids is 1. The number of ether oxygens (including phenoxy) is 1. The summed E-state index contributed by atoms with van der Waals surface area (Å²) in [6, 6.07) is 9.21. The molecule has 1 aromatic heterocycles. The molecule has 24 heavy (non-hydrogen) atoms. The highest BCUT2D eigenvalue weighted by molar-refractivity contribution is 6.34. The van der Waals surface area contributed by atoms with E-state index in [0.717, 1.165) is 5.56 Å². The molecule has 1 aromatic carbocycles. The van der Waals surface area contributed by atoms with Gasteiger partial charge in [0.15, 0.2) is 0 Å². The summed E-state index contributed by atoms with van der Waals surface area (Å²) >= 11 is 6.28. The molecule has 2 heterocycles. The Balaban J connectivity index is 2.01. The summed E-state index contributed by atoms with van der Waals surface area (Å²) in [7, 11) is 1.70. The molecule has 7 heteroatoms. The smallest absolute Gasteiger partial charge is 0.274 e. The van der Waals surface area contributed by atoms with Crippen molar-refractivity contribution in [2.24, 2.45) is 7.05 Å². The van der Waals surface area contributed by atoms with Gasteiger partial charge in [-0.2, -0.15) is 5.10 Å². The summed E-state index contributed by atoms with van der Waals surface area (Å²) in [6.07, 6.45) is -0.474. The maximum absolute atomic E-state index is 13.1. The third-order valence-electron chi connectivity index (χ3n) is 4.29. The highest BCUT2D eigenvalue weighted by atomic mass is 35.5. The van der Waals surface area contributed by atoms with Gasteiger partial charge in [-0.1, -0.05) is 41.9 Å². The first-order valence-corrected chi connectivity index (χ1v) is 8.20. The molecule has 2 atom stereocenters. The molecule has 1 fully saturated rings. The lowest BCUT2D eigenvalue weighted by Crippen LogP contribution is -2.49. The molecule has 1 N–H and O–H groups in total. The Labute approximate surface area is 145 Å². The van der Waals surface area contributed by atoms with E-state index in [0.29, 0.717) is 29.6 Å². The van der Waals surface area contributed by atoms with Crippen LogP contribution in [0.25, 0.3) is 0 Å². The van der Waals surface area contributed by atoms with Gasteiger partial charge in [-0.05, 0) is 12.5 Å². The number of carbonyl (C=O) groups is 1. The van der Waals surface area contributed by atoms with Crippen molar-refractivity contribution in [2.45, 2.75) is 19.1 Å². The van der Waals surface area contributed by atoms with Crippen LogP contribution in [-0.4, -0.2) is 51.6 Å². The van der Waals surface area contributed by atoms with Crippen molar-refractivity contribution >= 4 is 17.5 Å². The quantitative estimate of drug-likeness (QED) is 0.919. The SMILES string of the molecule is Cc1nn(C)c(C(=O)N2CCO[C@H](CO)[C@H]2c2ccccc2)c1Cl. The monoisotopic (exact) mass is 349 g/mol. The van der Waals surface area contributed by atoms with Gasteiger partial charge in [0.25, 0.3) is 5.91 Å². The van der Waals surface area contributed by atoms with Crippen LogP contribution in [0.15, 0.2) is 30.3 Å². The van der Waals surface area contributed by atoms with Gasteiger partial charge >= 0.3 is 0 Å². The summed E-state index contributed by atoms with van der Waals surface area (Å²) in [5, 5.41) is 14.3. The molecule has 0 unspecified atom stereocenters. The minimum absolute atomic E-state index is 0.165. The number of aliphatic hydroxyl groups excluding tert-OH is 1. The van der Waals surface area contributed by atoms with Crippen LogP contribution in [0.1, 0.15) is 27.8 Å². The molecule has 0 radical (unpaired) electrons. The van der Waals surface area contributed by atoms with E-state index in [4.69, 9.17) is 16.3 Å². The zero-order valence-corrected chi connectivity index (χ0v) is 14.4. The van der Waals surface area contributed by atoms with Gasteiger partial charge in [0, 0.05) is 13.6 Å². The van der Waals surface area contributed by atoms with E-state index in [1.165, 1.54) is 4.68 Å². The third-order valence-corrected chi connectivity index (χ3v) is 4.74. The molecule has 6 nitrogen and oxygen atoms in total. The second-order valence-electron chi connectivity index (χ2n) is 5.82. The Kier molecular flexibility index (Phi) is 4.89. The van der Waals surface area contributed by atoms with E-state index < -0.39 is 6.10 Å². The zero-order chi connectivity index (χ0) is 17.3. The van der Waals surface area contributed by atoms with E-state index in [9.17, 15) is 9.90 Å². The molecule has 128 valence electrons. The third kappa shape index (κ3) is 2.92. The number of aryl methyl sites for hydroxylation is 2. The van der Waals surface area contributed by atoms with Crippen LogP contribution in [0.5, 0.6) is 0 Å². The lowest BCUT2D eigenvalue weighted by Gasteiger charge is -2.40. The Morgan fingerprint density at radius 2 is 2.12 bits per heavy atom. The number of hydrogen-bond donors (Lipinski definition) is 1. The van der Waals surface area contributed by atoms with Crippen LogP contribution in [-0.2, 0) is 11.8 Å². The van der Waals surface area contributed by atoms with Crippen LogP contribution in [0.3, 0.4) is 0 Å². The van der Waals surface area contributed by atoms with E-state index in [-0.39, 0.29) is 18.6 Å². The summed E-state index contributed by atoms with van der Waals surface area (Å²) in [6.45, 7) is 2.40. The molecule has 2 aromatic rings. The van der Waals surface area contributed by atoms with E-state index in [1.54, 1.807) is 18.9 Å². The van der Waals surface area contributed by atoms with Crippen LogP contribution >= 0.6 is 11.6 Å². The largest absolute Gasteiger partial charge is 0.394 e. The molecule has 0 aliphatic carbocycles. The van der Waals surface area contributed by atoms with Crippen molar-refractivity contribution < 1.29 is 14.6 Å². The molecule has 0 bridgehead atoms. The van der Waals surface area contributed by atoms with Crippen LogP contribution < -0.4 is 0 Å². The number of halogens is 1. The second kappa shape index (κ2) is 6.93. The Hall–Kier alpha value is -1.89. The molecule has 1 amide bonds. The fraction of sp³-hybridized carbons (Fsp3) is 0.412. The van der Waals surface area contributed by atoms with Crippen molar-refractivity contribution in [3.05, 3.63) is 52.3 Å². The molecule has 0 spiro atoms. The minimum atomic E-state index is -0.474. The van der Waals surface area contributed by atoms with Crippen molar-refractivity contribution in [3.8, 4) is 0 Å². The summed E-state index contributed by atoms with van der Waals surface area (Å²) < 4.78 is 7.18. The van der Waals surface area contributed by atoms with E-state index >= 15 is 0 Å². The number of aromatic nitrogens is 2. The average Bonchev–Trinajstić information content (AvgIpc) is 2.86. The van der Waals surface area contributed by atoms with Gasteiger partial charge in [0.05, 0.1) is 30.0 Å². The number of rotatable bonds is 3. The minimum Gasteiger partial charge on any atom is -0.394 e. The Morgan fingerprint density at radius 1 is 1.42 bits per heavy atom. The molecule has 3 rings (SSSR count). The summed E-state index contributed by atoms with van der Waals surface area (Å²) in [5.74, 6) is -0.210. The van der Waals surface area contributed by atoms with Gasteiger partial charge in [0.1, 0.15) is 11.8 Å². The number of benzene rings is 1. The standard InChI is InChI=1S/C17H20ClN3O3/c1-11-14(18)16(20(2)19-11)17(23)21-8-9-24-13(10-22)15(21)12-6-4-3-5-7-12/h3-7,13,15,22H,8-10H2,1-2H3/t13-,15-/m1/s1. The number of amides is 1. The highest BCUT2D eigenvalue weighted by Crippen LogP contribution is 2.32. The first-order chi connectivity index (χ1) is 11.5. The van der Waals surface area contributed by atoms with Crippen molar-refractivity contribution in [2.75, 3.05) is 19.8 Å². The number of morpholine rings is 1. The first-order valence-electron chi connectivity index (χ1n) is 7.82. The number of aliphatic hydroxyl groups is 1. The molecule has 1 aliphatic rings. The van der Waals surface area contributed by atoms with Gasteiger partial charge in [-0.3, -0.25) is 9.48 Å². The predicted octanol–water partition coefficient (Wildman–Crippen LogP) is 1.96. The van der Waals surface area contributed by atoms with Crippen molar-refractivity contribution in [1.29, 1.82) is 0 Å². The van der Waals surface area contributed by atoms with Gasteiger partial charge in [-0.15, -0.1) is 0 Å². The van der Waals surface area contributed by atoms with Crippen molar-refractivity contribution in [1.82, 2.24) is 14.7 Å². The van der Waals surface area contributed by atoms with Gasteiger partial charge in [-0.25, -0.2) is 0 Å². The normalized spacial score (nSPS) is 21.1. The van der Waals surface area contributed by atoms with Crippen LogP contribution in [0.2, 0.25) is 5.02 Å². The van der Waals surface area contributed by atoms with Crippen molar-refractivity contribution in [3.63, 3.8) is 0 Å². The highest BCUT2D eigenvalue weighted by Gasteiger charge is 2.38. The maximum atomic E-state index is 13.1. The lowest BCUT2D eigenvalue weighted by molar-refractivity contribution is -0.0813. The summed E-state index contributed by atoms with van der Waals surface area (Å²) in [4.78, 5) is 14.9. The topological polar surface area (TPSA) is 67.6 Å².